The van der Waals surface area contributed by atoms with E-state index in [-0.39, 0.29) is 5.91 Å². The molecular formula is C13H16BrNO4S. The average Bonchev–Trinajstić information content (AvgIpc) is 2.37. The number of aliphatic carboxylic acids is 1. The zero-order chi connectivity index (χ0) is 15.1. The van der Waals surface area contributed by atoms with Gasteiger partial charge >= 0.3 is 5.97 Å². The summed E-state index contributed by atoms with van der Waals surface area (Å²) < 4.78 is 6.19. The maximum atomic E-state index is 11.0. The first kappa shape index (κ1) is 16.8. The minimum absolute atomic E-state index is 0.296. The number of methoxy groups -OCH3 is 1. The number of rotatable bonds is 7. The van der Waals surface area contributed by atoms with Crippen molar-refractivity contribution in [1.82, 2.24) is 5.32 Å². The highest BCUT2D eigenvalue weighted by Crippen LogP contribution is 2.26. The van der Waals surface area contributed by atoms with Gasteiger partial charge in [-0.05, 0) is 18.2 Å². The summed E-state index contributed by atoms with van der Waals surface area (Å²) in [7, 11) is 1.59. The number of carboxylic acid groups (broad SMARTS) is 1. The smallest absolute Gasteiger partial charge is 0.327 e. The zero-order valence-corrected chi connectivity index (χ0v) is 13.6. The van der Waals surface area contributed by atoms with Crippen LogP contribution in [-0.4, -0.2) is 35.9 Å². The normalized spacial score (nSPS) is 11.8. The van der Waals surface area contributed by atoms with Crippen LogP contribution in [0.1, 0.15) is 12.5 Å². The molecule has 1 aromatic carbocycles. The Morgan fingerprint density at radius 1 is 1.50 bits per heavy atom. The van der Waals surface area contributed by atoms with Crippen LogP contribution in [-0.2, 0) is 15.3 Å². The van der Waals surface area contributed by atoms with Crippen molar-refractivity contribution in [3.05, 3.63) is 28.2 Å². The van der Waals surface area contributed by atoms with Crippen molar-refractivity contribution in [3.8, 4) is 5.75 Å². The topological polar surface area (TPSA) is 75.6 Å². The third kappa shape index (κ3) is 5.42. The highest BCUT2D eigenvalue weighted by Gasteiger charge is 2.18. The average molecular weight is 362 g/mol. The number of thioether (sulfide) groups is 1. The molecule has 0 aromatic heterocycles. The van der Waals surface area contributed by atoms with E-state index in [2.05, 4.69) is 21.2 Å². The molecule has 20 heavy (non-hydrogen) atoms. The predicted octanol–water partition coefficient (Wildman–Crippen LogP) is 2.28. The lowest BCUT2D eigenvalue weighted by atomic mass is 10.2. The second kappa shape index (κ2) is 8.16. The fraction of sp³-hybridized carbons (Fsp3) is 0.385. The highest BCUT2D eigenvalue weighted by molar-refractivity contribution is 9.10. The molecule has 0 radical (unpaired) electrons. The molecule has 0 aliphatic carbocycles. The van der Waals surface area contributed by atoms with Gasteiger partial charge in [-0.15, -0.1) is 0 Å². The first-order valence-electron chi connectivity index (χ1n) is 5.84. The molecule has 0 saturated heterocycles. The van der Waals surface area contributed by atoms with E-state index < -0.39 is 12.0 Å². The lowest BCUT2D eigenvalue weighted by Crippen LogP contribution is -2.41. The van der Waals surface area contributed by atoms with Crippen LogP contribution in [0.4, 0.5) is 0 Å². The van der Waals surface area contributed by atoms with E-state index in [1.54, 1.807) is 7.11 Å². The van der Waals surface area contributed by atoms with Crippen LogP contribution in [0.25, 0.3) is 0 Å². The van der Waals surface area contributed by atoms with Gasteiger partial charge in [0, 0.05) is 28.5 Å². The number of carbonyl (C=O) groups is 2. The molecule has 0 saturated carbocycles. The van der Waals surface area contributed by atoms with Crippen LogP contribution in [0.2, 0.25) is 0 Å². The fourth-order valence-electron chi connectivity index (χ4n) is 1.57. The van der Waals surface area contributed by atoms with E-state index in [4.69, 9.17) is 9.84 Å². The Balaban J connectivity index is 2.60. The molecule has 0 bridgehead atoms. The van der Waals surface area contributed by atoms with Gasteiger partial charge in [-0.3, -0.25) is 4.79 Å². The van der Waals surface area contributed by atoms with Gasteiger partial charge in [0.1, 0.15) is 11.8 Å². The molecular weight excluding hydrogens is 346 g/mol. The van der Waals surface area contributed by atoms with E-state index in [1.165, 1.54) is 18.7 Å². The molecule has 0 heterocycles. The number of ether oxygens (including phenoxy) is 1. The summed E-state index contributed by atoms with van der Waals surface area (Å²) in [6.45, 7) is 1.30. The molecule has 0 spiro atoms. The summed E-state index contributed by atoms with van der Waals surface area (Å²) >= 11 is 4.81. The van der Waals surface area contributed by atoms with Crippen LogP contribution >= 0.6 is 27.7 Å². The van der Waals surface area contributed by atoms with Gasteiger partial charge in [-0.2, -0.15) is 11.8 Å². The fourth-order valence-corrected chi connectivity index (χ4v) is 3.00. The number of halogens is 1. The van der Waals surface area contributed by atoms with E-state index in [9.17, 15) is 9.59 Å². The Morgan fingerprint density at radius 2 is 2.20 bits per heavy atom. The molecule has 0 unspecified atom stereocenters. The van der Waals surface area contributed by atoms with Gasteiger partial charge in [-0.25, -0.2) is 4.79 Å². The molecule has 110 valence electrons. The second-order valence-electron chi connectivity index (χ2n) is 4.06. The number of benzene rings is 1. The van der Waals surface area contributed by atoms with Crippen molar-refractivity contribution < 1.29 is 19.4 Å². The highest BCUT2D eigenvalue weighted by atomic mass is 79.9. The van der Waals surface area contributed by atoms with Crippen molar-refractivity contribution in [3.63, 3.8) is 0 Å². The summed E-state index contributed by atoms with van der Waals surface area (Å²) in [5, 5.41) is 11.4. The predicted molar refractivity (Wildman–Crippen MR) is 82.1 cm³/mol. The van der Waals surface area contributed by atoms with E-state index >= 15 is 0 Å². The molecule has 7 heteroatoms. The first-order valence-corrected chi connectivity index (χ1v) is 7.79. The molecule has 1 amide bonds. The van der Waals surface area contributed by atoms with Gasteiger partial charge < -0.3 is 15.2 Å². The second-order valence-corrected chi connectivity index (χ2v) is 6.01. The Hall–Kier alpha value is -1.21. The molecule has 1 atom stereocenters. The quantitative estimate of drug-likeness (QED) is 0.778. The molecule has 1 aromatic rings. The molecule has 2 N–H and O–H groups in total. The Labute approximate surface area is 130 Å². The summed E-state index contributed by atoms with van der Waals surface area (Å²) in [5.74, 6) is 0.273. The summed E-state index contributed by atoms with van der Waals surface area (Å²) in [5.41, 5.74) is 0.971. The van der Waals surface area contributed by atoms with Crippen molar-refractivity contribution in [1.29, 1.82) is 0 Å². The number of carboxylic acids is 1. The first-order chi connectivity index (χ1) is 9.43. The summed E-state index contributed by atoms with van der Waals surface area (Å²) in [4.78, 5) is 21.9. The molecule has 1 rings (SSSR count). The van der Waals surface area contributed by atoms with Crippen LogP contribution < -0.4 is 10.1 Å². The standard InChI is InChI=1S/C13H16BrNO4S/c1-8(16)15-11(13(17)18)7-20-6-9-5-10(14)3-4-12(9)19-2/h3-5,11H,6-7H2,1-2H3,(H,15,16)(H,17,18)/t11-/m0/s1. The third-order valence-electron chi connectivity index (χ3n) is 2.46. The molecule has 0 fully saturated rings. The summed E-state index contributed by atoms with van der Waals surface area (Å²) in [6.07, 6.45) is 0. The largest absolute Gasteiger partial charge is 0.496 e. The van der Waals surface area contributed by atoms with Gasteiger partial charge in [0.25, 0.3) is 0 Å². The van der Waals surface area contributed by atoms with Crippen LogP contribution in [0.5, 0.6) is 5.75 Å². The maximum absolute atomic E-state index is 11.0. The van der Waals surface area contributed by atoms with Crippen LogP contribution in [0, 0.1) is 0 Å². The van der Waals surface area contributed by atoms with Gasteiger partial charge in [-0.1, -0.05) is 15.9 Å². The van der Waals surface area contributed by atoms with Gasteiger partial charge in [0.2, 0.25) is 5.91 Å². The van der Waals surface area contributed by atoms with E-state index in [0.29, 0.717) is 11.5 Å². The number of amides is 1. The van der Waals surface area contributed by atoms with Crippen molar-refractivity contribution in [2.45, 2.75) is 18.7 Å². The Bertz CT molecular complexity index is 495. The number of hydrogen-bond acceptors (Lipinski definition) is 4. The minimum atomic E-state index is -1.03. The van der Waals surface area contributed by atoms with Crippen molar-refractivity contribution in [2.24, 2.45) is 0 Å². The number of nitrogens with one attached hydrogen (secondary N) is 1. The zero-order valence-electron chi connectivity index (χ0n) is 11.2. The lowest BCUT2D eigenvalue weighted by Gasteiger charge is -2.13. The van der Waals surface area contributed by atoms with Crippen LogP contribution in [0.3, 0.4) is 0 Å². The number of carbonyl (C=O) groups excluding carboxylic acids is 1. The van der Waals surface area contributed by atoms with Crippen molar-refractivity contribution in [2.75, 3.05) is 12.9 Å². The van der Waals surface area contributed by atoms with E-state index in [0.717, 1.165) is 15.8 Å². The Morgan fingerprint density at radius 3 is 2.75 bits per heavy atom. The Kier molecular flexibility index (Phi) is 6.87. The summed E-state index contributed by atoms with van der Waals surface area (Å²) in [6, 6.07) is 4.78. The molecule has 0 aliphatic heterocycles. The molecule has 5 nitrogen and oxygen atoms in total. The van der Waals surface area contributed by atoms with E-state index in [1.807, 2.05) is 18.2 Å². The third-order valence-corrected chi connectivity index (χ3v) is 4.04. The maximum Gasteiger partial charge on any atom is 0.327 e. The monoisotopic (exact) mass is 361 g/mol. The van der Waals surface area contributed by atoms with Crippen molar-refractivity contribution >= 4 is 39.6 Å². The SMILES string of the molecule is COc1ccc(Br)cc1CSC[C@H](NC(C)=O)C(=O)O. The minimum Gasteiger partial charge on any atom is -0.496 e. The number of hydrogen-bond donors (Lipinski definition) is 2. The van der Waals surface area contributed by atoms with Gasteiger partial charge in [0.05, 0.1) is 7.11 Å². The lowest BCUT2D eigenvalue weighted by molar-refractivity contribution is -0.140. The molecule has 0 aliphatic rings. The van der Waals surface area contributed by atoms with Crippen LogP contribution in [0.15, 0.2) is 22.7 Å². The van der Waals surface area contributed by atoms with Gasteiger partial charge in [0.15, 0.2) is 0 Å².